The number of hydrogen-bond donors (Lipinski definition) is 1. The zero-order chi connectivity index (χ0) is 18.4. The minimum absolute atomic E-state index is 0. The third-order valence-corrected chi connectivity index (χ3v) is 6.05. The zero-order valence-electron chi connectivity index (χ0n) is 14.9. The van der Waals surface area contributed by atoms with Crippen LogP contribution in [0.2, 0.25) is 0 Å². The van der Waals surface area contributed by atoms with Crippen molar-refractivity contribution in [1.82, 2.24) is 10.2 Å². The minimum Gasteiger partial charge on any atom is -0.370 e. The second-order valence-corrected chi connectivity index (χ2v) is 7.64. The quantitative estimate of drug-likeness (QED) is 0.821. The zero-order valence-corrected chi connectivity index (χ0v) is 15.7. The van der Waals surface area contributed by atoms with E-state index in [9.17, 15) is 18.0 Å². The summed E-state index contributed by atoms with van der Waals surface area (Å²) in [5.41, 5.74) is -0.0469. The highest BCUT2D eigenvalue weighted by Gasteiger charge is 2.58. The maximum Gasteiger partial charge on any atom is 0.416 e. The fourth-order valence-corrected chi connectivity index (χ4v) is 4.36. The van der Waals surface area contributed by atoms with E-state index in [1.807, 2.05) is 0 Å². The molecule has 1 aliphatic carbocycles. The van der Waals surface area contributed by atoms with Gasteiger partial charge in [0.1, 0.15) is 6.10 Å². The first-order valence-electron chi connectivity index (χ1n) is 9.17. The molecule has 0 bridgehead atoms. The first-order chi connectivity index (χ1) is 12.4. The summed E-state index contributed by atoms with van der Waals surface area (Å²) in [5, 5.41) is 3.33. The summed E-state index contributed by atoms with van der Waals surface area (Å²) >= 11 is 0. The molecule has 2 saturated heterocycles. The topological polar surface area (TPSA) is 41.6 Å². The molecule has 0 radical (unpaired) electrons. The third kappa shape index (κ3) is 4.10. The predicted molar refractivity (Wildman–Crippen MR) is 96.6 cm³/mol. The van der Waals surface area contributed by atoms with Crippen molar-refractivity contribution in [2.75, 3.05) is 32.8 Å². The number of nitrogens with zero attached hydrogens (tertiary/aromatic N) is 1. The van der Waals surface area contributed by atoms with Gasteiger partial charge in [0.25, 0.3) is 0 Å². The highest BCUT2D eigenvalue weighted by atomic mass is 35.5. The summed E-state index contributed by atoms with van der Waals surface area (Å²) in [6.45, 7) is 3.11. The lowest BCUT2D eigenvalue weighted by Gasteiger charge is -2.34. The largest absolute Gasteiger partial charge is 0.416 e. The van der Waals surface area contributed by atoms with Gasteiger partial charge in [0.15, 0.2) is 0 Å². The van der Waals surface area contributed by atoms with E-state index in [0.717, 1.165) is 44.5 Å². The molecule has 1 saturated carbocycles. The number of rotatable bonds is 2. The molecule has 150 valence electrons. The Hall–Kier alpha value is -1.31. The van der Waals surface area contributed by atoms with Crippen molar-refractivity contribution >= 4 is 18.3 Å². The van der Waals surface area contributed by atoms with Crippen LogP contribution in [-0.2, 0) is 15.7 Å². The molecule has 8 heteroatoms. The number of hydrogen-bond acceptors (Lipinski definition) is 3. The van der Waals surface area contributed by atoms with Crippen LogP contribution in [0.1, 0.15) is 36.5 Å². The molecule has 4 nitrogen and oxygen atoms in total. The second kappa shape index (κ2) is 7.60. The molecule has 1 amide bonds. The summed E-state index contributed by atoms with van der Waals surface area (Å²) in [5.74, 6) is 0.219. The average Bonchev–Trinajstić information content (AvgIpc) is 3.34. The number of benzene rings is 1. The van der Waals surface area contributed by atoms with E-state index < -0.39 is 17.8 Å². The molecule has 27 heavy (non-hydrogen) atoms. The predicted octanol–water partition coefficient (Wildman–Crippen LogP) is 3.42. The molecule has 1 aromatic carbocycles. The second-order valence-electron chi connectivity index (χ2n) is 7.64. The molecule has 2 unspecified atom stereocenters. The molecule has 1 spiro atoms. The van der Waals surface area contributed by atoms with E-state index in [2.05, 4.69) is 5.32 Å². The van der Waals surface area contributed by atoms with Crippen molar-refractivity contribution in [2.24, 2.45) is 11.3 Å². The lowest BCUT2D eigenvalue weighted by Crippen LogP contribution is -2.44. The Labute approximate surface area is 162 Å². The summed E-state index contributed by atoms with van der Waals surface area (Å²) in [6, 6.07) is 5.22. The molecular formula is C19H24ClF3N2O2. The normalized spacial score (nSPS) is 27.1. The molecule has 2 atom stereocenters. The number of morpholine rings is 1. The summed E-state index contributed by atoms with van der Waals surface area (Å²) in [7, 11) is 0. The number of piperidine rings is 1. The van der Waals surface area contributed by atoms with Crippen molar-refractivity contribution in [2.45, 2.75) is 31.5 Å². The SMILES string of the molecule is Cl.O=C(C1CC12CCNCC2)N1CCOC(c2cccc(C(F)(F)F)c2)C1. The Kier molecular flexibility index (Phi) is 5.75. The fraction of sp³-hybridized carbons (Fsp3) is 0.632. The van der Waals surface area contributed by atoms with Crippen LogP contribution in [0.5, 0.6) is 0 Å². The number of carbonyl (C=O) groups is 1. The third-order valence-electron chi connectivity index (χ3n) is 6.05. The van der Waals surface area contributed by atoms with E-state index in [-0.39, 0.29) is 29.6 Å². The Morgan fingerprint density at radius 1 is 1.26 bits per heavy atom. The summed E-state index contributed by atoms with van der Waals surface area (Å²) < 4.78 is 44.5. The van der Waals surface area contributed by atoms with Gasteiger partial charge in [-0.15, -0.1) is 12.4 Å². The molecular weight excluding hydrogens is 381 g/mol. The van der Waals surface area contributed by atoms with Crippen molar-refractivity contribution in [1.29, 1.82) is 0 Å². The lowest BCUT2D eigenvalue weighted by atomic mass is 9.91. The molecule has 1 N–H and O–H groups in total. The Morgan fingerprint density at radius 2 is 2.00 bits per heavy atom. The molecule has 2 aliphatic heterocycles. The van der Waals surface area contributed by atoms with Crippen LogP contribution in [0.3, 0.4) is 0 Å². The van der Waals surface area contributed by atoms with Crippen molar-refractivity contribution in [3.05, 3.63) is 35.4 Å². The average molecular weight is 405 g/mol. The van der Waals surface area contributed by atoms with Gasteiger partial charge in [-0.05, 0) is 55.5 Å². The number of carbonyl (C=O) groups excluding carboxylic acids is 1. The Bertz CT molecular complexity index is 692. The molecule has 2 heterocycles. The summed E-state index contributed by atoms with van der Waals surface area (Å²) in [6.07, 6.45) is -1.87. The number of alkyl halides is 3. The van der Waals surface area contributed by atoms with E-state index in [4.69, 9.17) is 4.74 Å². The van der Waals surface area contributed by atoms with Crippen molar-refractivity contribution in [3.8, 4) is 0 Å². The standard InChI is InChI=1S/C19H23F3N2O2.ClH/c20-19(21,22)14-3-1-2-13(10-14)16-12-24(8-9-26-16)17(25)15-11-18(15)4-6-23-7-5-18;/h1-3,10,15-16,23H,4-9,11-12H2;1H. The van der Waals surface area contributed by atoms with Crippen LogP contribution >= 0.6 is 12.4 Å². The maximum atomic E-state index is 12.9. The Balaban J connectivity index is 0.00000210. The highest BCUT2D eigenvalue weighted by Crippen LogP contribution is 2.59. The van der Waals surface area contributed by atoms with Crippen LogP contribution in [0.25, 0.3) is 0 Å². The smallest absolute Gasteiger partial charge is 0.370 e. The first kappa shape index (κ1) is 20.4. The van der Waals surface area contributed by atoms with Gasteiger partial charge in [0, 0.05) is 12.5 Å². The van der Waals surface area contributed by atoms with E-state index in [1.54, 1.807) is 11.0 Å². The molecule has 3 aliphatic rings. The van der Waals surface area contributed by atoms with Gasteiger partial charge in [-0.2, -0.15) is 13.2 Å². The van der Waals surface area contributed by atoms with Gasteiger partial charge in [-0.25, -0.2) is 0 Å². The monoisotopic (exact) mass is 404 g/mol. The molecule has 1 aromatic rings. The maximum absolute atomic E-state index is 12.9. The molecule has 0 aromatic heterocycles. The number of halogens is 4. The molecule has 4 rings (SSSR count). The van der Waals surface area contributed by atoms with Crippen molar-refractivity contribution in [3.63, 3.8) is 0 Å². The first-order valence-corrected chi connectivity index (χ1v) is 9.17. The van der Waals surface area contributed by atoms with Crippen LogP contribution in [-0.4, -0.2) is 43.6 Å². The lowest BCUT2D eigenvalue weighted by molar-refractivity contribution is -0.142. The number of nitrogens with one attached hydrogen (secondary N) is 1. The van der Waals surface area contributed by atoms with Gasteiger partial charge >= 0.3 is 6.18 Å². The highest BCUT2D eigenvalue weighted by molar-refractivity contribution is 5.85. The summed E-state index contributed by atoms with van der Waals surface area (Å²) in [4.78, 5) is 14.7. The van der Waals surface area contributed by atoms with Crippen LogP contribution in [0.4, 0.5) is 13.2 Å². The molecule has 3 fully saturated rings. The van der Waals surface area contributed by atoms with Gasteiger partial charge in [-0.1, -0.05) is 12.1 Å². The van der Waals surface area contributed by atoms with Gasteiger partial charge in [0.05, 0.1) is 18.7 Å². The van der Waals surface area contributed by atoms with Crippen LogP contribution < -0.4 is 5.32 Å². The van der Waals surface area contributed by atoms with Gasteiger partial charge < -0.3 is 15.0 Å². The van der Waals surface area contributed by atoms with E-state index >= 15 is 0 Å². The minimum atomic E-state index is -4.38. The van der Waals surface area contributed by atoms with E-state index in [1.165, 1.54) is 6.07 Å². The number of amides is 1. The Morgan fingerprint density at radius 3 is 2.70 bits per heavy atom. The van der Waals surface area contributed by atoms with Crippen LogP contribution in [0, 0.1) is 11.3 Å². The fourth-order valence-electron chi connectivity index (χ4n) is 4.36. The van der Waals surface area contributed by atoms with Gasteiger partial charge in [0.2, 0.25) is 5.91 Å². The number of ether oxygens (including phenoxy) is 1. The van der Waals surface area contributed by atoms with Gasteiger partial charge in [-0.3, -0.25) is 4.79 Å². The van der Waals surface area contributed by atoms with Crippen molar-refractivity contribution < 1.29 is 22.7 Å². The van der Waals surface area contributed by atoms with Crippen LogP contribution in [0.15, 0.2) is 24.3 Å². The van der Waals surface area contributed by atoms with E-state index in [0.29, 0.717) is 25.3 Å².